The lowest BCUT2D eigenvalue weighted by Gasteiger charge is -2.05. The second kappa shape index (κ2) is 6.68. The summed E-state index contributed by atoms with van der Waals surface area (Å²) in [6, 6.07) is 5.79. The first-order valence-corrected chi connectivity index (χ1v) is 7.99. The number of thiophene rings is 1. The molecule has 0 spiro atoms. The van der Waals surface area contributed by atoms with E-state index < -0.39 is 0 Å². The number of carbonyl (C=O) groups is 1. The first kappa shape index (κ1) is 14.0. The van der Waals surface area contributed by atoms with E-state index in [1.54, 1.807) is 17.4 Å². The molecule has 1 N–H and O–H groups in total. The van der Waals surface area contributed by atoms with Crippen LogP contribution in [0.2, 0.25) is 0 Å². The van der Waals surface area contributed by atoms with Gasteiger partial charge in [-0.2, -0.15) is 0 Å². The minimum absolute atomic E-state index is 0.141. The van der Waals surface area contributed by atoms with E-state index in [1.165, 1.54) is 16.6 Å². The van der Waals surface area contributed by atoms with Gasteiger partial charge in [0, 0.05) is 17.1 Å². The molecule has 0 fully saturated rings. The number of nitrogens with zero attached hydrogens (tertiary/aromatic N) is 2. The van der Waals surface area contributed by atoms with Crippen LogP contribution >= 0.6 is 23.1 Å². The third kappa shape index (κ3) is 4.04. The fourth-order valence-electron chi connectivity index (χ4n) is 1.59. The fraction of sp³-hybridized carbons (Fsp3) is 0.308. The fourth-order valence-corrected chi connectivity index (χ4v) is 2.73. The van der Waals surface area contributed by atoms with Crippen molar-refractivity contribution in [3.8, 4) is 0 Å². The molecule has 0 radical (unpaired) electrons. The highest BCUT2D eigenvalue weighted by Gasteiger charge is 2.09. The van der Waals surface area contributed by atoms with Crippen molar-refractivity contribution in [3.05, 3.63) is 39.8 Å². The molecule has 0 aliphatic carbocycles. The SMILES string of the molecule is CSc1nc(C)cc(C(=O)NCCc2cccs2)n1. The van der Waals surface area contributed by atoms with Gasteiger partial charge in [0.15, 0.2) is 5.16 Å². The van der Waals surface area contributed by atoms with Crippen molar-refractivity contribution >= 4 is 29.0 Å². The quantitative estimate of drug-likeness (QED) is 0.680. The number of amides is 1. The van der Waals surface area contributed by atoms with Crippen LogP contribution in [0.4, 0.5) is 0 Å². The molecule has 100 valence electrons. The van der Waals surface area contributed by atoms with Crippen LogP contribution in [0, 0.1) is 6.92 Å². The molecule has 2 rings (SSSR count). The first-order valence-electron chi connectivity index (χ1n) is 5.89. The molecule has 2 heterocycles. The van der Waals surface area contributed by atoms with E-state index in [2.05, 4.69) is 21.4 Å². The molecule has 2 aromatic rings. The third-order valence-electron chi connectivity index (χ3n) is 2.49. The van der Waals surface area contributed by atoms with Crippen molar-refractivity contribution in [1.82, 2.24) is 15.3 Å². The Hall–Kier alpha value is -1.40. The number of carbonyl (C=O) groups excluding carboxylic acids is 1. The van der Waals surface area contributed by atoms with Gasteiger partial charge in [0.1, 0.15) is 5.69 Å². The Morgan fingerprint density at radius 3 is 3.00 bits per heavy atom. The van der Waals surface area contributed by atoms with Crippen molar-refractivity contribution in [3.63, 3.8) is 0 Å². The molecule has 0 aliphatic rings. The molecular formula is C13H15N3OS2. The summed E-state index contributed by atoms with van der Waals surface area (Å²) in [7, 11) is 0. The summed E-state index contributed by atoms with van der Waals surface area (Å²) in [5, 5.41) is 5.55. The highest BCUT2D eigenvalue weighted by Crippen LogP contribution is 2.11. The van der Waals surface area contributed by atoms with E-state index in [9.17, 15) is 4.79 Å². The minimum Gasteiger partial charge on any atom is -0.350 e. The summed E-state index contributed by atoms with van der Waals surface area (Å²) < 4.78 is 0. The number of aromatic nitrogens is 2. The minimum atomic E-state index is -0.141. The van der Waals surface area contributed by atoms with Gasteiger partial charge in [-0.15, -0.1) is 11.3 Å². The van der Waals surface area contributed by atoms with Gasteiger partial charge in [-0.3, -0.25) is 4.79 Å². The number of rotatable bonds is 5. The number of nitrogens with one attached hydrogen (secondary N) is 1. The molecule has 6 heteroatoms. The van der Waals surface area contributed by atoms with Gasteiger partial charge in [-0.05, 0) is 37.1 Å². The predicted molar refractivity (Wildman–Crippen MR) is 78.9 cm³/mol. The number of hydrogen-bond donors (Lipinski definition) is 1. The summed E-state index contributed by atoms with van der Waals surface area (Å²) >= 11 is 3.13. The second-order valence-electron chi connectivity index (χ2n) is 3.97. The molecule has 0 unspecified atom stereocenters. The average molecular weight is 293 g/mol. The lowest BCUT2D eigenvalue weighted by atomic mass is 10.3. The Morgan fingerprint density at radius 2 is 2.32 bits per heavy atom. The van der Waals surface area contributed by atoms with Crippen molar-refractivity contribution < 1.29 is 4.79 Å². The molecule has 0 saturated heterocycles. The zero-order chi connectivity index (χ0) is 13.7. The summed E-state index contributed by atoms with van der Waals surface area (Å²) in [5.74, 6) is -0.141. The van der Waals surface area contributed by atoms with Crippen molar-refractivity contribution in [2.75, 3.05) is 12.8 Å². The van der Waals surface area contributed by atoms with Gasteiger partial charge in [0.2, 0.25) is 0 Å². The van der Waals surface area contributed by atoms with Crippen LogP contribution in [-0.2, 0) is 6.42 Å². The van der Waals surface area contributed by atoms with E-state index >= 15 is 0 Å². The first-order chi connectivity index (χ1) is 9.19. The predicted octanol–water partition coefficient (Wildman–Crippen LogP) is 2.54. The lowest BCUT2D eigenvalue weighted by Crippen LogP contribution is -2.26. The molecule has 0 aliphatic heterocycles. The van der Waals surface area contributed by atoms with Gasteiger partial charge in [-0.25, -0.2) is 9.97 Å². The Balaban J connectivity index is 1.94. The maximum absolute atomic E-state index is 12.0. The molecule has 0 saturated carbocycles. The van der Waals surface area contributed by atoms with Gasteiger partial charge < -0.3 is 5.32 Å². The Kier molecular flexibility index (Phi) is 4.93. The topological polar surface area (TPSA) is 54.9 Å². The molecule has 19 heavy (non-hydrogen) atoms. The normalized spacial score (nSPS) is 10.4. The van der Waals surface area contributed by atoms with Gasteiger partial charge in [-0.1, -0.05) is 17.8 Å². The van der Waals surface area contributed by atoms with Crippen LogP contribution in [0.25, 0.3) is 0 Å². The second-order valence-corrected chi connectivity index (χ2v) is 5.77. The van der Waals surface area contributed by atoms with Crippen LogP contribution < -0.4 is 5.32 Å². The molecule has 4 nitrogen and oxygen atoms in total. The van der Waals surface area contributed by atoms with Crippen LogP contribution in [0.3, 0.4) is 0 Å². The number of aryl methyl sites for hydroxylation is 1. The van der Waals surface area contributed by atoms with E-state index in [1.807, 2.05) is 24.6 Å². The summed E-state index contributed by atoms with van der Waals surface area (Å²) in [5.41, 5.74) is 1.24. The number of thioether (sulfide) groups is 1. The van der Waals surface area contributed by atoms with Crippen LogP contribution in [0.1, 0.15) is 21.1 Å². The van der Waals surface area contributed by atoms with E-state index in [4.69, 9.17) is 0 Å². The molecule has 1 amide bonds. The van der Waals surface area contributed by atoms with E-state index in [0.29, 0.717) is 17.4 Å². The van der Waals surface area contributed by atoms with Crippen molar-refractivity contribution in [2.45, 2.75) is 18.5 Å². The van der Waals surface area contributed by atoms with Gasteiger partial charge in [0.25, 0.3) is 5.91 Å². The van der Waals surface area contributed by atoms with Crippen molar-refractivity contribution in [2.24, 2.45) is 0 Å². The lowest BCUT2D eigenvalue weighted by molar-refractivity contribution is 0.0948. The maximum atomic E-state index is 12.0. The van der Waals surface area contributed by atoms with Gasteiger partial charge in [0.05, 0.1) is 0 Å². The molecule has 0 atom stereocenters. The monoisotopic (exact) mass is 293 g/mol. The van der Waals surface area contributed by atoms with Crippen LogP contribution in [0.5, 0.6) is 0 Å². The highest BCUT2D eigenvalue weighted by molar-refractivity contribution is 7.98. The zero-order valence-electron chi connectivity index (χ0n) is 10.8. The number of hydrogen-bond acceptors (Lipinski definition) is 5. The molecule has 2 aromatic heterocycles. The highest BCUT2D eigenvalue weighted by atomic mass is 32.2. The summed E-state index contributed by atoms with van der Waals surface area (Å²) in [6.07, 6.45) is 2.75. The third-order valence-corrected chi connectivity index (χ3v) is 3.97. The molecular weight excluding hydrogens is 278 g/mol. The Bertz CT molecular complexity index is 555. The van der Waals surface area contributed by atoms with E-state index in [0.717, 1.165) is 12.1 Å². The van der Waals surface area contributed by atoms with Crippen LogP contribution in [-0.4, -0.2) is 28.7 Å². The maximum Gasteiger partial charge on any atom is 0.270 e. The Labute approximate surface area is 120 Å². The molecule has 0 aromatic carbocycles. The average Bonchev–Trinajstić information content (AvgIpc) is 2.91. The van der Waals surface area contributed by atoms with Crippen LogP contribution in [0.15, 0.2) is 28.7 Å². The van der Waals surface area contributed by atoms with Gasteiger partial charge >= 0.3 is 0 Å². The molecule has 0 bridgehead atoms. The zero-order valence-corrected chi connectivity index (χ0v) is 12.5. The largest absolute Gasteiger partial charge is 0.350 e. The standard InChI is InChI=1S/C13H15N3OS2/c1-9-8-11(16-13(15-9)18-2)12(17)14-6-5-10-4-3-7-19-10/h3-4,7-8H,5-6H2,1-2H3,(H,14,17). The smallest absolute Gasteiger partial charge is 0.270 e. The summed E-state index contributed by atoms with van der Waals surface area (Å²) in [6.45, 7) is 2.49. The Morgan fingerprint density at radius 1 is 1.47 bits per heavy atom. The summed E-state index contributed by atoms with van der Waals surface area (Å²) in [4.78, 5) is 21.7. The van der Waals surface area contributed by atoms with E-state index in [-0.39, 0.29) is 5.91 Å². The van der Waals surface area contributed by atoms with Crippen molar-refractivity contribution in [1.29, 1.82) is 0 Å².